The van der Waals surface area contributed by atoms with Crippen molar-refractivity contribution in [2.75, 3.05) is 6.26 Å². The summed E-state index contributed by atoms with van der Waals surface area (Å²) >= 11 is 1.42. The van der Waals surface area contributed by atoms with Crippen LogP contribution in [0.25, 0.3) is 0 Å². The highest BCUT2D eigenvalue weighted by Gasteiger charge is 2.16. The molecule has 5 heteroatoms. The van der Waals surface area contributed by atoms with Crippen molar-refractivity contribution in [1.29, 1.82) is 0 Å². The van der Waals surface area contributed by atoms with Gasteiger partial charge >= 0.3 is 0 Å². The molecule has 1 aromatic rings. The van der Waals surface area contributed by atoms with Gasteiger partial charge < -0.3 is 10.2 Å². The molecule has 1 aromatic heterocycles. The Kier molecular flexibility index (Phi) is 3.11. The van der Waals surface area contributed by atoms with Crippen LogP contribution in [-0.4, -0.2) is 16.5 Å². The lowest BCUT2D eigenvalue weighted by atomic mass is 10.1. The second kappa shape index (κ2) is 3.91. The van der Waals surface area contributed by atoms with E-state index in [2.05, 4.69) is 10.2 Å². The van der Waals surface area contributed by atoms with Crippen molar-refractivity contribution in [2.45, 2.75) is 25.1 Å². The standard InChI is InChI=1S/C7H13N3OS/c1-4(2)5(8)6-9-10-7(11-6)12-3/h4-5H,8H2,1-3H3/t5-/m0/s1. The fourth-order valence-corrected chi connectivity index (χ4v) is 1.01. The summed E-state index contributed by atoms with van der Waals surface area (Å²) in [4.78, 5) is 0. The van der Waals surface area contributed by atoms with Crippen LogP contribution in [0, 0.1) is 5.92 Å². The molecule has 0 spiro atoms. The van der Waals surface area contributed by atoms with Gasteiger partial charge in [0.25, 0.3) is 5.22 Å². The highest BCUT2D eigenvalue weighted by atomic mass is 32.2. The molecule has 0 aliphatic rings. The summed E-state index contributed by atoms with van der Waals surface area (Å²) in [7, 11) is 0. The zero-order valence-corrected chi connectivity index (χ0v) is 8.26. The fraction of sp³-hybridized carbons (Fsp3) is 0.714. The molecule has 2 N–H and O–H groups in total. The Morgan fingerprint density at radius 2 is 2.08 bits per heavy atom. The van der Waals surface area contributed by atoms with Crippen molar-refractivity contribution in [3.05, 3.63) is 5.89 Å². The van der Waals surface area contributed by atoms with Gasteiger partial charge in [-0.2, -0.15) is 0 Å². The van der Waals surface area contributed by atoms with Crippen molar-refractivity contribution >= 4 is 11.8 Å². The third kappa shape index (κ3) is 1.98. The van der Waals surface area contributed by atoms with Crippen molar-refractivity contribution in [2.24, 2.45) is 11.7 Å². The van der Waals surface area contributed by atoms with E-state index in [0.717, 1.165) is 0 Å². The Hall–Kier alpha value is -0.550. The van der Waals surface area contributed by atoms with Crippen molar-refractivity contribution in [3.63, 3.8) is 0 Å². The van der Waals surface area contributed by atoms with Gasteiger partial charge in [0.15, 0.2) is 0 Å². The average Bonchev–Trinajstić information content (AvgIpc) is 2.50. The van der Waals surface area contributed by atoms with E-state index in [1.807, 2.05) is 20.1 Å². The van der Waals surface area contributed by atoms with Crippen molar-refractivity contribution in [3.8, 4) is 0 Å². The van der Waals surface area contributed by atoms with Crippen LogP contribution in [0.2, 0.25) is 0 Å². The molecule has 0 aliphatic heterocycles. The highest BCUT2D eigenvalue weighted by molar-refractivity contribution is 7.98. The van der Waals surface area contributed by atoms with Gasteiger partial charge in [0.05, 0.1) is 6.04 Å². The largest absolute Gasteiger partial charge is 0.414 e. The molecule has 0 radical (unpaired) electrons. The monoisotopic (exact) mass is 187 g/mol. The minimum absolute atomic E-state index is 0.154. The topological polar surface area (TPSA) is 64.9 Å². The van der Waals surface area contributed by atoms with E-state index in [-0.39, 0.29) is 6.04 Å². The van der Waals surface area contributed by atoms with Crippen LogP contribution in [0.5, 0.6) is 0 Å². The first-order valence-electron chi connectivity index (χ1n) is 3.78. The summed E-state index contributed by atoms with van der Waals surface area (Å²) in [5, 5.41) is 8.22. The second-order valence-corrected chi connectivity index (χ2v) is 3.64. The molecule has 68 valence electrons. The molecule has 0 aliphatic carbocycles. The van der Waals surface area contributed by atoms with Gasteiger partial charge in [-0.25, -0.2) is 0 Å². The molecule has 1 heterocycles. The predicted octanol–water partition coefficient (Wildman–Crippen LogP) is 1.45. The zero-order chi connectivity index (χ0) is 9.14. The SMILES string of the molecule is CSc1nnc([C@@H](N)C(C)C)o1. The van der Waals surface area contributed by atoms with Crippen LogP contribution in [0.4, 0.5) is 0 Å². The molecular weight excluding hydrogens is 174 g/mol. The van der Waals surface area contributed by atoms with Crippen LogP contribution in [0.1, 0.15) is 25.8 Å². The van der Waals surface area contributed by atoms with E-state index in [1.54, 1.807) is 0 Å². The summed E-state index contributed by atoms with van der Waals surface area (Å²) in [5.74, 6) is 0.842. The molecule has 0 saturated carbocycles. The highest BCUT2D eigenvalue weighted by Crippen LogP contribution is 2.20. The summed E-state index contributed by atoms with van der Waals surface area (Å²) in [6, 6.07) is -0.154. The van der Waals surface area contributed by atoms with Crippen LogP contribution in [-0.2, 0) is 0 Å². The second-order valence-electron chi connectivity index (χ2n) is 2.88. The molecule has 0 unspecified atom stereocenters. The molecule has 0 saturated heterocycles. The lowest BCUT2D eigenvalue weighted by Gasteiger charge is -2.09. The fourth-order valence-electron chi connectivity index (χ4n) is 0.723. The average molecular weight is 187 g/mol. The number of thioether (sulfide) groups is 1. The lowest BCUT2D eigenvalue weighted by Crippen LogP contribution is -2.16. The maximum atomic E-state index is 5.80. The summed E-state index contributed by atoms with van der Waals surface area (Å²) in [6.45, 7) is 4.04. The number of rotatable bonds is 3. The predicted molar refractivity (Wildman–Crippen MR) is 47.8 cm³/mol. The number of nitrogens with two attached hydrogens (primary N) is 1. The first-order valence-corrected chi connectivity index (χ1v) is 5.00. The van der Waals surface area contributed by atoms with E-state index >= 15 is 0 Å². The Morgan fingerprint density at radius 3 is 2.50 bits per heavy atom. The number of aromatic nitrogens is 2. The first-order chi connectivity index (χ1) is 5.65. The minimum atomic E-state index is -0.154. The molecule has 4 nitrogen and oxygen atoms in total. The quantitative estimate of drug-likeness (QED) is 0.725. The third-order valence-electron chi connectivity index (χ3n) is 1.60. The van der Waals surface area contributed by atoms with Gasteiger partial charge in [0, 0.05) is 0 Å². The molecule has 12 heavy (non-hydrogen) atoms. The Morgan fingerprint density at radius 1 is 1.42 bits per heavy atom. The summed E-state index contributed by atoms with van der Waals surface area (Å²) in [5.41, 5.74) is 5.80. The van der Waals surface area contributed by atoms with Crippen LogP contribution < -0.4 is 5.73 Å². The van der Waals surface area contributed by atoms with Gasteiger partial charge in [0.2, 0.25) is 5.89 Å². The molecule has 1 rings (SSSR count). The van der Waals surface area contributed by atoms with Crippen molar-refractivity contribution in [1.82, 2.24) is 10.2 Å². The molecule has 0 aromatic carbocycles. The van der Waals surface area contributed by atoms with Crippen molar-refractivity contribution < 1.29 is 4.42 Å². The van der Waals surface area contributed by atoms with E-state index in [9.17, 15) is 0 Å². The molecule has 0 amide bonds. The smallest absolute Gasteiger partial charge is 0.276 e. The van der Waals surface area contributed by atoms with Gasteiger partial charge in [-0.15, -0.1) is 10.2 Å². The Labute approximate surface area is 75.9 Å². The van der Waals surface area contributed by atoms with E-state index < -0.39 is 0 Å². The third-order valence-corrected chi connectivity index (χ3v) is 2.11. The summed E-state index contributed by atoms with van der Waals surface area (Å²) in [6.07, 6.45) is 1.89. The molecule has 1 atom stereocenters. The summed E-state index contributed by atoms with van der Waals surface area (Å²) < 4.78 is 5.27. The number of hydrogen-bond acceptors (Lipinski definition) is 5. The van der Waals surface area contributed by atoms with Gasteiger partial charge in [-0.3, -0.25) is 0 Å². The minimum Gasteiger partial charge on any atom is -0.414 e. The van der Waals surface area contributed by atoms with Gasteiger partial charge in [-0.05, 0) is 12.2 Å². The molecular formula is C7H13N3OS. The lowest BCUT2D eigenvalue weighted by molar-refractivity contribution is 0.349. The number of nitrogens with zero attached hydrogens (tertiary/aromatic N) is 2. The maximum Gasteiger partial charge on any atom is 0.276 e. The van der Waals surface area contributed by atoms with Gasteiger partial charge in [-0.1, -0.05) is 25.6 Å². The number of hydrogen-bond donors (Lipinski definition) is 1. The van der Waals surface area contributed by atoms with Crippen LogP contribution in [0.15, 0.2) is 9.64 Å². The normalized spacial score (nSPS) is 13.8. The van der Waals surface area contributed by atoms with Crippen LogP contribution >= 0.6 is 11.8 Å². The van der Waals surface area contributed by atoms with Gasteiger partial charge in [0.1, 0.15) is 0 Å². The Balaban J connectivity index is 2.74. The van der Waals surface area contributed by atoms with E-state index in [0.29, 0.717) is 17.0 Å². The zero-order valence-electron chi connectivity index (χ0n) is 7.44. The Bertz CT molecular complexity index is 249. The first kappa shape index (κ1) is 9.54. The molecule has 0 fully saturated rings. The maximum absolute atomic E-state index is 5.80. The van der Waals surface area contributed by atoms with E-state index in [1.165, 1.54) is 11.8 Å². The van der Waals surface area contributed by atoms with E-state index in [4.69, 9.17) is 10.2 Å². The molecule has 0 bridgehead atoms. The van der Waals surface area contributed by atoms with Crippen LogP contribution in [0.3, 0.4) is 0 Å².